The average Bonchev–Trinajstić information content (AvgIpc) is 2.88. The number of aromatic nitrogens is 1. The first-order chi connectivity index (χ1) is 9.72. The van der Waals surface area contributed by atoms with Crippen molar-refractivity contribution in [2.75, 3.05) is 0 Å². The van der Waals surface area contributed by atoms with Crippen LogP contribution in [0.15, 0.2) is 48.5 Å². The van der Waals surface area contributed by atoms with E-state index in [1.54, 1.807) is 23.5 Å². The van der Waals surface area contributed by atoms with Crippen LogP contribution in [0.25, 0.3) is 10.2 Å². The van der Waals surface area contributed by atoms with Gasteiger partial charge in [0.25, 0.3) is 0 Å². The Hall–Kier alpha value is -2.40. The van der Waals surface area contributed by atoms with Crippen molar-refractivity contribution >= 4 is 27.5 Å². The molecular formula is C15H11NO3S. The Balaban J connectivity index is 1.75. The number of carboxylic acids is 1. The highest BCUT2D eigenvalue weighted by Crippen LogP contribution is 2.23. The molecule has 0 atom stereocenters. The van der Waals surface area contributed by atoms with Gasteiger partial charge >= 0.3 is 5.97 Å². The number of nitrogens with zero attached hydrogens (tertiary/aromatic N) is 1. The highest BCUT2D eigenvalue weighted by Gasteiger charge is 2.06. The van der Waals surface area contributed by atoms with E-state index in [9.17, 15) is 4.79 Å². The van der Waals surface area contributed by atoms with Gasteiger partial charge in [0.15, 0.2) is 0 Å². The molecule has 0 saturated heterocycles. The van der Waals surface area contributed by atoms with E-state index < -0.39 is 5.97 Å². The summed E-state index contributed by atoms with van der Waals surface area (Å²) in [6.45, 7) is 0.336. The molecule has 0 aliphatic carbocycles. The minimum absolute atomic E-state index is 0.215. The smallest absolute Gasteiger partial charge is 0.335 e. The second kappa shape index (κ2) is 5.30. The molecule has 0 spiro atoms. The highest BCUT2D eigenvalue weighted by molar-refractivity contribution is 7.18. The Morgan fingerprint density at radius 3 is 2.85 bits per heavy atom. The van der Waals surface area contributed by atoms with Crippen LogP contribution in [0.3, 0.4) is 0 Å². The second-order valence-electron chi connectivity index (χ2n) is 4.20. The van der Waals surface area contributed by atoms with E-state index in [2.05, 4.69) is 4.98 Å². The van der Waals surface area contributed by atoms with Gasteiger partial charge in [0.05, 0.1) is 15.8 Å². The predicted octanol–water partition coefficient (Wildman–Crippen LogP) is 3.57. The average molecular weight is 285 g/mol. The lowest BCUT2D eigenvalue weighted by Gasteiger charge is -2.04. The first kappa shape index (κ1) is 12.6. The Morgan fingerprint density at radius 2 is 2.05 bits per heavy atom. The fourth-order valence-corrected chi connectivity index (χ4v) is 2.73. The minimum Gasteiger partial charge on any atom is -0.486 e. The van der Waals surface area contributed by atoms with Gasteiger partial charge in [-0.2, -0.15) is 0 Å². The first-order valence-electron chi connectivity index (χ1n) is 6.03. The van der Waals surface area contributed by atoms with E-state index >= 15 is 0 Å². The molecule has 0 bridgehead atoms. The van der Waals surface area contributed by atoms with E-state index in [-0.39, 0.29) is 5.56 Å². The molecule has 2 aromatic carbocycles. The van der Waals surface area contributed by atoms with E-state index in [0.29, 0.717) is 12.4 Å². The van der Waals surface area contributed by atoms with Crippen LogP contribution in [-0.2, 0) is 6.61 Å². The van der Waals surface area contributed by atoms with Gasteiger partial charge in [-0.15, -0.1) is 11.3 Å². The second-order valence-corrected chi connectivity index (χ2v) is 5.31. The predicted molar refractivity (Wildman–Crippen MR) is 77.4 cm³/mol. The zero-order valence-electron chi connectivity index (χ0n) is 10.4. The molecule has 20 heavy (non-hydrogen) atoms. The number of fused-ring (bicyclic) bond motifs is 1. The van der Waals surface area contributed by atoms with Crippen LogP contribution in [-0.4, -0.2) is 16.1 Å². The zero-order valence-corrected chi connectivity index (χ0v) is 11.3. The van der Waals surface area contributed by atoms with Crippen LogP contribution in [0.1, 0.15) is 15.4 Å². The fraction of sp³-hybridized carbons (Fsp3) is 0.0667. The van der Waals surface area contributed by atoms with Crippen molar-refractivity contribution in [2.45, 2.75) is 6.61 Å². The van der Waals surface area contributed by atoms with Crippen LogP contribution in [0.2, 0.25) is 0 Å². The molecule has 3 rings (SSSR count). The molecule has 0 aliphatic heterocycles. The van der Waals surface area contributed by atoms with Gasteiger partial charge < -0.3 is 9.84 Å². The van der Waals surface area contributed by atoms with Crippen molar-refractivity contribution in [3.63, 3.8) is 0 Å². The zero-order chi connectivity index (χ0) is 13.9. The van der Waals surface area contributed by atoms with Crippen molar-refractivity contribution < 1.29 is 14.6 Å². The number of hydrogen-bond donors (Lipinski definition) is 1. The number of aromatic carboxylic acids is 1. The van der Waals surface area contributed by atoms with Gasteiger partial charge in [0.2, 0.25) is 0 Å². The molecule has 1 N–H and O–H groups in total. The SMILES string of the molecule is O=C(O)c1cccc(OCc2nc3ccccc3s2)c1. The van der Waals surface area contributed by atoms with Gasteiger partial charge in [0, 0.05) is 0 Å². The summed E-state index contributed by atoms with van der Waals surface area (Å²) in [7, 11) is 0. The molecule has 4 nitrogen and oxygen atoms in total. The number of carbonyl (C=O) groups is 1. The Bertz CT molecular complexity index is 733. The lowest BCUT2D eigenvalue weighted by Crippen LogP contribution is -1.98. The topological polar surface area (TPSA) is 59.4 Å². The number of rotatable bonds is 4. The van der Waals surface area contributed by atoms with Crippen molar-refractivity contribution in [3.05, 3.63) is 59.1 Å². The van der Waals surface area contributed by atoms with E-state index in [4.69, 9.17) is 9.84 Å². The monoisotopic (exact) mass is 285 g/mol. The number of hydrogen-bond acceptors (Lipinski definition) is 4. The summed E-state index contributed by atoms with van der Waals surface area (Å²) in [5, 5.41) is 9.79. The third-order valence-electron chi connectivity index (χ3n) is 2.78. The summed E-state index contributed by atoms with van der Waals surface area (Å²) in [6, 6.07) is 14.3. The van der Waals surface area contributed by atoms with Crippen molar-refractivity contribution in [3.8, 4) is 5.75 Å². The molecule has 0 amide bonds. The standard InChI is InChI=1S/C15H11NO3S/c17-15(18)10-4-3-5-11(8-10)19-9-14-16-12-6-1-2-7-13(12)20-14/h1-8H,9H2,(H,17,18). The number of benzene rings is 2. The number of ether oxygens (including phenoxy) is 1. The molecular weight excluding hydrogens is 274 g/mol. The molecule has 5 heteroatoms. The summed E-state index contributed by atoms with van der Waals surface area (Å²) >= 11 is 1.57. The Kier molecular flexibility index (Phi) is 3.35. The van der Waals surface area contributed by atoms with Gasteiger partial charge in [-0.05, 0) is 30.3 Å². The van der Waals surface area contributed by atoms with Crippen LogP contribution in [0, 0.1) is 0 Å². The van der Waals surface area contributed by atoms with Crippen LogP contribution in [0.5, 0.6) is 5.75 Å². The molecule has 100 valence electrons. The van der Waals surface area contributed by atoms with Crippen molar-refractivity contribution in [1.29, 1.82) is 0 Å². The third kappa shape index (κ3) is 2.62. The molecule has 0 fully saturated rings. The number of thiazole rings is 1. The van der Waals surface area contributed by atoms with Gasteiger partial charge in [-0.25, -0.2) is 9.78 Å². The summed E-state index contributed by atoms with van der Waals surface area (Å²) in [6.07, 6.45) is 0. The maximum absolute atomic E-state index is 10.9. The molecule has 0 saturated carbocycles. The molecule has 3 aromatic rings. The molecule has 1 aromatic heterocycles. The molecule has 0 radical (unpaired) electrons. The Labute approximate surface area is 119 Å². The largest absolute Gasteiger partial charge is 0.486 e. The molecule has 1 heterocycles. The summed E-state index contributed by atoms with van der Waals surface area (Å²) in [4.78, 5) is 15.3. The van der Waals surface area contributed by atoms with E-state index in [0.717, 1.165) is 15.2 Å². The van der Waals surface area contributed by atoms with Crippen LogP contribution in [0.4, 0.5) is 0 Å². The van der Waals surface area contributed by atoms with Crippen molar-refractivity contribution in [1.82, 2.24) is 4.98 Å². The van der Waals surface area contributed by atoms with E-state index in [1.165, 1.54) is 12.1 Å². The van der Waals surface area contributed by atoms with Gasteiger partial charge in [-0.1, -0.05) is 18.2 Å². The van der Waals surface area contributed by atoms with Gasteiger partial charge in [-0.3, -0.25) is 0 Å². The lowest BCUT2D eigenvalue weighted by atomic mass is 10.2. The maximum Gasteiger partial charge on any atom is 0.335 e. The first-order valence-corrected chi connectivity index (χ1v) is 6.84. The Morgan fingerprint density at radius 1 is 1.20 bits per heavy atom. The maximum atomic E-state index is 10.9. The lowest BCUT2D eigenvalue weighted by molar-refractivity contribution is 0.0696. The summed E-state index contributed by atoms with van der Waals surface area (Å²) in [5.41, 5.74) is 1.17. The molecule has 0 unspecified atom stereocenters. The molecule has 0 aliphatic rings. The van der Waals surface area contributed by atoms with E-state index in [1.807, 2.05) is 24.3 Å². The van der Waals surface area contributed by atoms with Crippen LogP contribution < -0.4 is 4.74 Å². The number of para-hydroxylation sites is 1. The number of carboxylic acid groups (broad SMARTS) is 1. The summed E-state index contributed by atoms with van der Waals surface area (Å²) in [5.74, 6) is -0.431. The quantitative estimate of drug-likeness (QED) is 0.796. The normalized spacial score (nSPS) is 10.6. The highest BCUT2D eigenvalue weighted by atomic mass is 32.1. The third-order valence-corrected chi connectivity index (χ3v) is 3.79. The van der Waals surface area contributed by atoms with Gasteiger partial charge in [0.1, 0.15) is 17.4 Å². The fourth-order valence-electron chi connectivity index (χ4n) is 1.85. The summed E-state index contributed by atoms with van der Waals surface area (Å²) < 4.78 is 6.71. The van der Waals surface area contributed by atoms with Crippen molar-refractivity contribution in [2.24, 2.45) is 0 Å². The minimum atomic E-state index is -0.963. The van der Waals surface area contributed by atoms with Crippen LogP contribution >= 0.6 is 11.3 Å².